The van der Waals surface area contributed by atoms with Crippen molar-refractivity contribution in [2.24, 2.45) is 5.92 Å². The Kier molecular flexibility index (Phi) is 4.36. The molecule has 5 nitrogen and oxygen atoms in total. The molecular weight excluding hydrogens is 302 g/mol. The fourth-order valence-electron chi connectivity index (χ4n) is 3.24. The lowest BCUT2D eigenvalue weighted by Gasteiger charge is -2.26. The zero-order valence-corrected chi connectivity index (χ0v) is 13.3. The number of para-hydroxylation sites is 1. The minimum atomic E-state index is -0.385. The SMILES string of the molecule is CN(C(=O)[C@H]1CCNC1)[C@@H]1CCN(c2ccccc2Cl)C1=O. The quantitative estimate of drug-likeness (QED) is 0.918. The number of halogens is 1. The summed E-state index contributed by atoms with van der Waals surface area (Å²) in [6, 6.07) is 6.93. The second-order valence-corrected chi connectivity index (χ2v) is 6.29. The van der Waals surface area contributed by atoms with Crippen LogP contribution in [0.25, 0.3) is 0 Å². The normalized spacial score (nSPS) is 24.8. The minimum Gasteiger partial charge on any atom is -0.333 e. The third-order valence-electron chi connectivity index (χ3n) is 4.55. The van der Waals surface area contributed by atoms with Gasteiger partial charge in [-0.15, -0.1) is 0 Å². The van der Waals surface area contributed by atoms with Crippen molar-refractivity contribution in [2.75, 3.05) is 31.6 Å². The van der Waals surface area contributed by atoms with E-state index in [2.05, 4.69) is 5.32 Å². The molecule has 0 radical (unpaired) electrons. The average Bonchev–Trinajstić information content (AvgIpc) is 3.16. The largest absolute Gasteiger partial charge is 0.333 e. The molecule has 2 fully saturated rings. The van der Waals surface area contributed by atoms with Crippen molar-refractivity contribution in [3.05, 3.63) is 29.3 Å². The Morgan fingerprint density at radius 3 is 2.82 bits per heavy atom. The smallest absolute Gasteiger partial charge is 0.249 e. The second-order valence-electron chi connectivity index (χ2n) is 5.88. The van der Waals surface area contributed by atoms with E-state index in [4.69, 9.17) is 11.6 Å². The zero-order valence-electron chi connectivity index (χ0n) is 12.6. The Morgan fingerprint density at radius 1 is 1.36 bits per heavy atom. The summed E-state index contributed by atoms with van der Waals surface area (Å²) in [5, 5.41) is 3.75. The van der Waals surface area contributed by atoms with Crippen LogP contribution in [0.15, 0.2) is 24.3 Å². The molecule has 0 saturated carbocycles. The molecule has 22 heavy (non-hydrogen) atoms. The lowest BCUT2D eigenvalue weighted by atomic mass is 10.1. The van der Waals surface area contributed by atoms with Gasteiger partial charge >= 0.3 is 0 Å². The number of likely N-dealkylation sites (N-methyl/N-ethyl adjacent to an activating group) is 1. The maximum absolute atomic E-state index is 12.7. The number of nitrogens with one attached hydrogen (secondary N) is 1. The van der Waals surface area contributed by atoms with Crippen LogP contribution in [-0.4, -0.2) is 49.4 Å². The van der Waals surface area contributed by atoms with Crippen LogP contribution >= 0.6 is 11.6 Å². The van der Waals surface area contributed by atoms with Gasteiger partial charge in [0.15, 0.2) is 0 Å². The van der Waals surface area contributed by atoms with Gasteiger partial charge in [-0.1, -0.05) is 23.7 Å². The van der Waals surface area contributed by atoms with Gasteiger partial charge < -0.3 is 15.1 Å². The van der Waals surface area contributed by atoms with Gasteiger partial charge in [0.1, 0.15) is 6.04 Å². The van der Waals surface area contributed by atoms with Gasteiger partial charge in [0.25, 0.3) is 0 Å². The van der Waals surface area contributed by atoms with Gasteiger partial charge in [-0.2, -0.15) is 0 Å². The molecule has 0 aromatic heterocycles. The van der Waals surface area contributed by atoms with E-state index < -0.39 is 0 Å². The molecule has 2 aliphatic heterocycles. The highest BCUT2D eigenvalue weighted by Crippen LogP contribution is 2.30. The average molecular weight is 322 g/mol. The molecule has 1 aromatic rings. The molecule has 2 heterocycles. The molecule has 2 amide bonds. The first-order chi connectivity index (χ1) is 10.6. The maximum Gasteiger partial charge on any atom is 0.249 e. The molecule has 6 heteroatoms. The number of rotatable bonds is 3. The Labute approximate surface area is 135 Å². The standard InChI is InChI=1S/C16H20ClN3O2/c1-19(15(21)11-6-8-18-10-11)14-7-9-20(16(14)22)13-5-3-2-4-12(13)17/h2-5,11,14,18H,6-10H2,1H3/t11-,14+/m0/s1. The third kappa shape index (κ3) is 2.71. The molecular formula is C16H20ClN3O2. The van der Waals surface area contributed by atoms with Crippen molar-refractivity contribution in [1.29, 1.82) is 0 Å². The molecule has 118 valence electrons. The Bertz CT molecular complexity index is 587. The summed E-state index contributed by atoms with van der Waals surface area (Å²) in [4.78, 5) is 28.5. The van der Waals surface area contributed by atoms with E-state index >= 15 is 0 Å². The molecule has 1 N–H and O–H groups in total. The Hall–Kier alpha value is -1.59. The number of anilines is 1. The molecule has 1 aromatic carbocycles. The van der Waals surface area contributed by atoms with E-state index in [1.807, 2.05) is 18.2 Å². The van der Waals surface area contributed by atoms with Crippen molar-refractivity contribution in [2.45, 2.75) is 18.9 Å². The molecule has 2 aliphatic rings. The maximum atomic E-state index is 12.7. The number of benzene rings is 1. The fourth-order valence-corrected chi connectivity index (χ4v) is 3.48. The first-order valence-corrected chi connectivity index (χ1v) is 8.00. The number of hydrogen-bond donors (Lipinski definition) is 1. The van der Waals surface area contributed by atoms with Crippen molar-refractivity contribution in [3.8, 4) is 0 Å². The number of carbonyl (C=O) groups is 2. The van der Waals surface area contributed by atoms with Gasteiger partial charge in [-0.25, -0.2) is 0 Å². The van der Waals surface area contributed by atoms with Crippen LogP contribution in [0.5, 0.6) is 0 Å². The fraction of sp³-hybridized carbons (Fsp3) is 0.500. The topological polar surface area (TPSA) is 52.7 Å². The Balaban J connectivity index is 1.73. The summed E-state index contributed by atoms with van der Waals surface area (Å²) in [6.07, 6.45) is 1.49. The van der Waals surface area contributed by atoms with Gasteiger partial charge in [-0.05, 0) is 31.5 Å². The van der Waals surface area contributed by atoms with E-state index in [-0.39, 0.29) is 23.8 Å². The predicted octanol–water partition coefficient (Wildman–Crippen LogP) is 1.51. The predicted molar refractivity (Wildman–Crippen MR) is 86.0 cm³/mol. The molecule has 0 spiro atoms. The van der Waals surface area contributed by atoms with E-state index in [1.165, 1.54) is 0 Å². The summed E-state index contributed by atoms with van der Waals surface area (Å²) >= 11 is 6.18. The molecule has 2 atom stereocenters. The van der Waals surface area contributed by atoms with Crippen molar-refractivity contribution in [1.82, 2.24) is 10.2 Å². The van der Waals surface area contributed by atoms with Crippen LogP contribution in [-0.2, 0) is 9.59 Å². The van der Waals surface area contributed by atoms with Gasteiger partial charge in [0.05, 0.1) is 16.6 Å². The minimum absolute atomic E-state index is 0.00726. The summed E-state index contributed by atoms with van der Waals surface area (Å²) in [5.41, 5.74) is 0.722. The summed E-state index contributed by atoms with van der Waals surface area (Å²) in [7, 11) is 1.74. The monoisotopic (exact) mass is 321 g/mol. The lowest BCUT2D eigenvalue weighted by Crippen LogP contribution is -2.45. The highest BCUT2D eigenvalue weighted by atomic mass is 35.5. The molecule has 3 rings (SSSR count). The van der Waals surface area contributed by atoms with Crippen LogP contribution < -0.4 is 10.2 Å². The van der Waals surface area contributed by atoms with Gasteiger partial charge in [0.2, 0.25) is 11.8 Å². The van der Waals surface area contributed by atoms with E-state index in [9.17, 15) is 9.59 Å². The van der Waals surface area contributed by atoms with Crippen LogP contribution in [0.3, 0.4) is 0 Å². The summed E-state index contributed by atoms with van der Waals surface area (Å²) in [6.45, 7) is 2.17. The van der Waals surface area contributed by atoms with Crippen LogP contribution in [0.1, 0.15) is 12.8 Å². The second kappa shape index (κ2) is 6.26. The highest BCUT2D eigenvalue weighted by Gasteiger charge is 2.39. The zero-order chi connectivity index (χ0) is 15.7. The van der Waals surface area contributed by atoms with E-state index in [0.717, 1.165) is 18.7 Å². The number of amides is 2. The first kappa shape index (κ1) is 15.3. The van der Waals surface area contributed by atoms with Gasteiger partial charge in [0, 0.05) is 20.1 Å². The summed E-state index contributed by atoms with van der Waals surface area (Å²) in [5.74, 6) is 0.00595. The van der Waals surface area contributed by atoms with E-state index in [1.54, 1.807) is 22.9 Å². The van der Waals surface area contributed by atoms with Crippen LogP contribution in [0.4, 0.5) is 5.69 Å². The molecule has 0 unspecified atom stereocenters. The van der Waals surface area contributed by atoms with Gasteiger partial charge in [-0.3, -0.25) is 9.59 Å². The number of hydrogen-bond acceptors (Lipinski definition) is 3. The lowest BCUT2D eigenvalue weighted by molar-refractivity contribution is -0.139. The summed E-state index contributed by atoms with van der Waals surface area (Å²) < 4.78 is 0. The van der Waals surface area contributed by atoms with Crippen molar-refractivity contribution < 1.29 is 9.59 Å². The number of nitrogens with zero attached hydrogens (tertiary/aromatic N) is 2. The highest BCUT2D eigenvalue weighted by molar-refractivity contribution is 6.34. The first-order valence-electron chi connectivity index (χ1n) is 7.63. The van der Waals surface area contributed by atoms with Crippen LogP contribution in [0.2, 0.25) is 5.02 Å². The van der Waals surface area contributed by atoms with Crippen molar-refractivity contribution in [3.63, 3.8) is 0 Å². The number of carbonyl (C=O) groups excluding carboxylic acids is 2. The molecule has 0 bridgehead atoms. The molecule has 2 saturated heterocycles. The molecule has 0 aliphatic carbocycles. The van der Waals surface area contributed by atoms with E-state index in [0.29, 0.717) is 24.5 Å². The Morgan fingerprint density at radius 2 is 2.14 bits per heavy atom. The van der Waals surface area contributed by atoms with Crippen molar-refractivity contribution >= 4 is 29.1 Å². The van der Waals surface area contributed by atoms with Crippen LogP contribution in [0, 0.1) is 5.92 Å². The third-order valence-corrected chi connectivity index (χ3v) is 4.86.